The van der Waals surface area contributed by atoms with Crippen molar-refractivity contribution in [3.05, 3.63) is 0 Å². The van der Waals surface area contributed by atoms with Crippen molar-refractivity contribution >= 4 is 5.97 Å². The Morgan fingerprint density at radius 3 is 2.84 bits per heavy atom. The Labute approximate surface area is 117 Å². The molecule has 112 valence electrons. The number of carbonyl (C=O) groups is 1. The highest BCUT2D eigenvalue weighted by Crippen LogP contribution is 2.12. The third-order valence-electron chi connectivity index (χ3n) is 3.53. The molecule has 1 aliphatic rings. The van der Waals surface area contributed by atoms with Gasteiger partial charge in [0, 0.05) is 13.2 Å². The molecule has 4 heteroatoms. The molecule has 19 heavy (non-hydrogen) atoms. The van der Waals surface area contributed by atoms with Gasteiger partial charge in [0.1, 0.15) is 6.04 Å². The summed E-state index contributed by atoms with van der Waals surface area (Å²) in [5, 5.41) is 3.32. The van der Waals surface area contributed by atoms with Gasteiger partial charge in [0.25, 0.3) is 0 Å². The van der Waals surface area contributed by atoms with Crippen LogP contribution in [0.1, 0.15) is 58.8 Å². The van der Waals surface area contributed by atoms with E-state index < -0.39 is 0 Å². The lowest BCUT2D eigenvalue weighted by atomic mass is 10.1. The van der Waals surface area contributed by atoms with Crippen LogP contribution in [-0.2, 0) is 14.3 Å². The minimum Gasteiger partial charge on any atom is -0.465 e. The van der Waals surface area contributed by atoms with E-state index in [0.29, 0.717) is 6.61 Å². The Morgan fingerprint density at radius 1 is 1.37 bits per heavy atom. The van der Waals surface area contributed by atoms with Gasteiger partial charge in [-0.2, -0.15) is 0 Å². The molecule has 0 bridgehead atoms. The molecule has 2 atom stereocenters. The normalized spacial score (nSPS) is 20.4. The molecule has 1 rings (SSSR count). The molecule has 1 fully saturated rings. The van der Waals surface area contributed by atoms with E-state index in [1.54, 1.807) is 0 Å². The lowest BCUT2D eigenvalue weighted by Gasteiger charge is -2.19. The van der Waals surface area contributed by atoms with Crippen LogP contribution in [0.3, 0.4) is 0 Å². The standard InChI is InChI=1S/C15H29NO3/c1-3-5-6-7-10-14(15(17)18-4-2)16-12-13-9-8-11-19-13/h13-14,16H,3-12H2,1-2H3. The molecule has 1 heterocycles. The summed E-state index contributed by atoms with van der Waals surface area (Å²) in [7, 11) is 0. The Morgan fingerprint density at radius 2 is 2.21 bits per heavy atom. The second-order valence-electron chi connectivity index (χ2n) is 5.20. The topological polar surface area (TPSA) is 47.6 Å². The molecule has 0 saturated carbocycles. The van der Waals surface area contributed by atoms with Gasteiger partial charge in [-0.25, -0.2) is 0 Å². The van der Waals surface area contributed by atoms with Crippen molar-refractivity contribution in [2.75, 3.05) is 19.8 Å². The highest BCUT2D eigenvalue weighted by Gasteiger charge is 2.22. The van der Waals surface area contributed by atoms with Crippen molar-refractivity contribution in [1.82, 2.24) is 5.32 Å². The third kappa shape index (κ3) is 6.92. The van der Waals surface area contributed by atoms with Gasteiger partial charge in [0.05, 0.1) is 12.7 Å². The van der Waals surface area contributed by atoms with Crippen molar-refractivity contribution in [2.45, 2.75) is 70.9 Å². The lowest BCUT2D eigenvalue weighted by Crippen LogP contribution is -2.41. The van der Waals surface area contributed by atoms with Gasteiger partial charge >= 0.3 is 5.97 Å². The fourth-order valence-electron chi connectivity index (χ4n) is 2.40. The van der Waals surface area contributed by atoms with E-state index in [9.17, 15) is 4.79 Å². The first-order valence-electron chi connectivity index (χ1n) is 7.79. The summed E-state index contributed by atoms with van der Waals surface area (Å²) < 4.78 is 10.7. The average molecular weight is 271 g/mol. The zero-order chi connectivity index (χ0) is 13.9. The molecule has 0 radical (unpaired) electrons. The van der Waals surface area contributed by atoms with E-state index in [0.717, 1.165) is 38.8 Å². The zero-order valence-electron chi connectivity index (χ0n) is 12.5. The molecular formula is C15H29NO3. The molecule has 0 aromatic heterocycles. The number of nitrogens with one attached hydrogen (secondary N) is 1. The fraction of sp³-hybridized carbons (Fsp3) is 0.933. The number of unbranched alkanes of at least 4 members (excludes halogenated alkanes) is 3. The Kier molecular flexibility index (Phi) is 8.84. The average Bonchev–Trinajstić information content (AvgIpc) is 2.91. The molecule has 0 aromatic rings. The fourth-order valence-corrected chi connectivity index (χ4v) is 2.40. The number of hydrogen-bond donors (Lipinski definition) is 1. The number of hydrogen-bond acceptors (Lipinski definition) is 4. The smallest absolute Gasteiger partial charge is 0.323 e. The molecule has 1 saturated heterocycles. The maximum atomic E-state index is 11.9. The van der Waals surface area contributed by atoms with Crippen LogP contribution in [0.2, 0.25) is 0 Å². The summed E-state index contributed by atoms with van der Waals surface area (Å²) in [4.78, 5) is 11.9. The predicted octanol–water partition coefficient (Wildman–Crippen LogP) is 2.66. The van der Waals surface area contributed by atoms with E-state index in [-0.39, 0.29) is 18.1 Å². The van der Waals surface area contributed by atoms with Crippen LogP contribution in [0.25, 0.3) is 0 Å². The highest BCUT2D eigenvalue weighted by atomic mass is 16.5. The van der Waals surface area contributed by atoms with Crippen molar-refractivity contribution in [2.24, 2.45) is 0 Å². The Bertz CT molecular complexity index is 240. The maximum Gasteiger partial charge on any atom is 0.323 e. The predicted molar refractivity (Wildman–Crippen MR) is 76.2 cm³/mol. The number of rotatable bonds is 10. The van der Waals surface area contributed by atoms with E-state index in [1.165, 1.54) is 19.3 Å². The van der Waals surface area contributed by atoms with Gasteiger partial charge in [0.15, 0.2) is 0 Å². The van der Waals surface area contributed by atoms with Crippen molar-refractivity contribution in [3.8, 4) is 0 Å². The maximum absolute atomic E-state index is 11.9. The molecule has 1 N–H and O–H groups in total. The van der Waals surface area contributed by atoms with E-state index in [4.69, 9.17) is 9.47 Å². The lowest BCUT2D eigenvalue weighted by molar-refractivity contribution is -0.146. The monoisotopic (exact) mass is 271 g/mol. The van der Waals surface area contributed by atoms with Gasteiger partial charge in [-0.15, -0.1) is 0 Å². The molecule has 0 aliphatic carbocycles. The SMILES string of the molecule is CCCCCCC(NCC1CCCO1)C(=O)OCC. The molecule has 1 aliphatic heterocycles. The summed E-state index contributed by atoms with van der Waals surface area (Å²) in [6.45, 7) is 6.11. The summed E-state index contributed by atoms with van der Waals surface area (Å²) in [5.74, 6) is -0.114. The van der Waals surface area contributed by atoms with Crippen LogP contribution in [0.4, 0.5) is 0 Å². The first-order valence-corrected chi connectivity index (χ1v) is 7.79. The van der Waals surface area contributed by atoms with E-state index >= 15 is 0 Å². The third-order valence-corrected chi connectivity index (χ3v) is 3.53. The van der Waals surface area contributed by atoms with Gasteiger partial charge in [-0.05, 0) is 26.2 Å². The van der Waals surface area contributed by atoms with Crippen molar-refractivity contribution < 1.29 is 14.3 Å². The number of ether oxygens (including phenoxy) is 2. The Balaban J connectivity index is 2.27. The molecule has 0 aromatic carbocycles. The molecule has 2 unspecified atom stereocenters. The van der Waals surface area contributed by atoms with E-state index in [2.05, 4.69) is 12.2 Å². The van der Waals surface area contributed by atoms with Gasteiger partial charge in [0.2, 0.25) is 0 Å². The zero-order valence-corrected chi connectivity index (χ0v) is 12.5. The summed E-state index contributed by atoms with van der Waals surface area (Å²) in [6, 6.07) is -0.166. The van der Waals surface area contributed by atoms with Crippen LogP contribution < -0.4 is 5.32 Å². The summed E-state index contributed by atoms with van der Waals surface area (Å²) in [6.07, 6.45) is 8.09. The van der Waals surface area contributed by atoms with E-state index in [1.807, 2.05) is 6.92 Å². The molecule has 4 nitrogen and oxygen atoms in total. The first-order chi connectivity index (χ1) is 9.27. The summed E-state index contributed by atoms with van der Waals surface area (Å²) >= 11 is 0. The van der Waals surface area contributed by atoms with Gasteiger partial charge < -0.3 is 14.8 Å². The first kappa shape index (κ1) is 16.4. The Hall–Kier alpha value is -0.610. The molecular weight excluding hydrogens is 242 g/mol. The molecule has 0 amide bonds. The minimum absolute atomic E-state index is 0.114. The van der Waals surface area contributed by atoms with Crippen LogP contribution in [-0.4, -0.2) is 37.9 Å². The molecule has 0 spiro atoms. The number of carbonyl (C=O) groups excluding carboxylic acids is 1. The quantitative estimate of drug-likeness (QED) is 0.490. The summed E-state index contributed by atoms with van der Waals surface area (Å²) in [5.41, 5.74) is 0. The van der Waals surface area contributed by atoms with Crippen LogP contribution >= 0.6 is 0 Å². The van der Waals surface area contributed by atoms with Crippen molar-refractivity contribution in [1.29, 1.82) is 0 Å². The van der Waals surface area contributed by atoms with Crippen LogP contribution in [0.5, 0.6) is 0 Å². The minimum atomic E-state index is -0.166. The number of esters is 1. The highest BCUT2D eigenvalue weighted by molar-refractivity contribution is 5.75. The van der Waals surface area contributed by atoms with Gasteiger partial charge in [-0.1, -0.05) is 32.6 Å². The second kappa shape index (κ2) is 10.2. The van der Waals surface area contributed by atoms with Gasteiger partial charge in [-0.3, -0.25) is 4.79 Å². The largest absolute Gasteiger partial charge is 0.465 e. The van der Waals surface area contributed by atoms with Crippen molar-refractivity contribution in [3.63, 3.8) is 0 Å². The second-order valence-corrected chi connectivity index (χ2v) is 5.20. The van der Waals surface area contributed by atoms with Crippen LogP contribution in [0, 0.1) is 0 Å². The van der Waals surface area contributed by atoms with Crippen LogP contribution in [0.15, 0.2) is 0 Å².